The summed E-state index contributed by atoms with van der Waals surface area (Å²) < 4.78 is 39.7. The number of halogens is 3. The summed E-state index contributed by atoms with van der Waals surface area (Å²) in [6.07, 6.45) is -3.39. The van der Waals surface area contributed by atoms with Crippen molar-refractivity contribution >= 4 is 11.5 Å². The lowest BCUT2D eigenvalue weighted by Crippen LogP contribution is -2.16. The Bertz CT molecular complexity index is 583. The smallest absolute Gasteiger partial charge is 0.406 e. The minimum atomic E-state index is -4.72. The maximum absolute atomic E-state index is 12.0. The average Bonchev–Trinajstić information content (AvgIpc) is 2.32. The van der Waals surface area contributed by atoms with Crippen molar-refractivity contribution in [2.45, 2.75) is 6.36 Å². The molecule has 100 valence electrons. The molecule has 0 spiro atoms. The van der Waals surface area contributed by atoms with Gasteiger partial charge in [0.1, 0.15) is 5.75 Å². The Hall–Kier alpha value is -2.51. The zero-order chi connectivity index (χ0) is 14.0. The van der Waals surface area contributed by atoms with E-state index in [-0.39, 0.29) is 23.1 Å². The molecule has 4 N–H and O–H groups in total. The minimum absolute atomic E-state index is 0.112. The van der Waals surface area contributed by atoms with Crippen LogP contribution in [0.2, 0.25) is 0 Å². The first kappa shape index (κ1) is 12.9. The lowest BCUT2D eigenvalue weighted by molar-refractivity contribution is -0.274. The molecule has 0 unspecified atom stereocenters. The molecule has 2 rings (SSSR count). The van der Waals surface area contributed by atoms with Gasteiger partial charge >= 0.3 is 6.36 Å². The topological polar surface area (TPSA) is 87.0 Å². The molecular formula is C11H9F3N4O. The Kier molecular flexibility index (Phi) is 3.16. The first-order valence-electron chi connectivity index (χ1n) is 5.09. The number of alkyl halides is 3. The van der Waals surface area contributed by atoms with Gasteiger partial charge in [0.25, 0.3) is 0 Å². The van der Waals surface area contributed by atoms with E-state index in [1.54, 1.807) is 0 Å². The monoisotopic (exact) mass is 270 g/mol. The fourth-order valence-electron chi connectivity index (χ4n) is 1.35. The first-order valence-corrected chi connectivity index (χ1v) is 5.09. The van der Waals surface area contributed by atoms with Crippen LogP contribution in [0.1, 0.15) is 0 Å². The zero-order valence-electron chi connectivity index (χ0n) is 9.48. The van der Waals surface area contributed by atoms with Crippen LogP contribution in [-0.4, -0.2) is 16.3 Å². The predicted octanol–water partition coefficient (Wildman–Crippen LogP) is 2.21. The molecule has 0 atom stereocenters. The van der Waals surface area contributed by atoms with Crippen molar-refractivity contribution in [1.82, 2.24) is 9.97 Å². The third-order valence-electron chi connectivity index (χ3n) is 2.19. The molecule has 0 bridgehead atoms. The van der Waals surface area contributed by atoms with E-state index >= 15 is 0 Å². The molecule has 5 nitrogen and oxygen atoms in total. The fourth-order valence-corrected chi connectivity index (χ4v) is 1.35. The molecule has 0 saturated heterocycles. The molecule has 0 aliphatic carbocycles. The summed E-state index contributed by atoms with van der Waals surface area (Å²) >= 11 is 0. The van der Waals surface area contributed by atoms with E-state index in [0.717, 1.165) is 0 Å². The molecule has 8 heteroatoms. The molecule has 1 heterocycles. The summed E-state index contributed by atoms with van der Waals surface area (Å²) in [7, 11) is 0. The largest absolute Gasteiger partial charge is 0.573 e. The second kappa shape index (κ2) is 4.63. The lowest BCUT2D eigenvalue weighted by Gasteiger charge is -2.09. The van der Waals surface area contributed by atoms with Gasteiger partial charge in [0, 0.05) is 5.56 Å². The van der Waals surface area contributed by atoms with Gasteiger partial charge in [0.05, 0.1) is 11.9 Å². The van der Waals surface area contributed by atoms with Crippen molar-refractivity contribution in [3.05, 3.63) is 30.5 Å². The number of nitrogen functional groups attached to an aromatic ring is 2. The number of anilines is 2. The van der Waals surface area contributed by atoms with Crippen LogP contribution in [-0.2, 0) is 0 Å². The lowest BCUT2D eigenvalue weighted by atomic mass is 10.2. The maximum Gasteiger partial charge on any atom is 0.573 e. The summed E-state index contributed by atoms with van der Waals surface area (Å²) in [5.41, 5.74) is 11.7. The number of rotatable bonds is 2. The second-order valence-electron chi connectivity index (χ2n) is 3.61. The van der Waals surface area contributed by atoms with Crippen LogP contribution in [0.15, 0.2) is 30.5 Å². The summed E-state index contributed by atoms with van der Waals surface area (Å²) in [4.78, 5) is 7.86. The van der Waals surface area contributed by atoms with E-state index in [2.05, 4.69) is 14.7 Å². The van der Waals surface area contributed by atoms with E-state index in [9.17, 15) is 13.2 Å². The van der Waals surface area contributed by atoms with Crippen molar-refractivity contribution in [1.29, 1.82) is 0 Å². The van der Waals surface area contributed by atoms with Gasteiger partial charge in [-0.25, -0.2) is 9.97 Å². The van der Waals surface area contributed by atoms with Crippen LogP contribution in [0.3, 0.4) is 0 Å². The molecular weight excluding hydrogens is 261 g/mol. The number of hydrogen-bond donors (Lipinski definition) is 2. The van der Waals surface area contributed by atoms with Crippen molar-refractivity contribution in [2.75, 3.05) is 11.5 Å². The van der Waals surface area contributed by atoms with Gasteiger partial charge in [0.15, 0.2) is 11.6 Å². The molecule has 0 aliphatic rings. The second-order valence-corrected chi connectivity index (χ2v) is 3.61. The highest BCUT2D eigenvalue weighted by molar-refractivity contribution is 5.63. The molecule has 2 aromatic rings. The fraction of sp³-hybridized carbons (Fsp3) is 0.0909. The van der Waals surface area contributed by atoms with Gasteiger partial charge in [-0.05, 0) is 24.3 Å². The summed E-state index contributed by atoms with van der Waals surface area (Å²) in [6.45, 7) is 0. The standard InChI is InChI=1S/C11H9F3N4O/c12-11(13,14)19-7-3-1-6(2-4-7)10-17-5-8(15)9(16)18-10/h1-5H,15H2,(H2,16,17,18). The van der Waals surface area contributed by atoms with Gasteiger partial charge in [-0.1, -0.05) is 0 Å². The third kappa shape index (κ3) is 3.24. The van der Waals surface area contributed by atoms with Gasteiger partial charge in [-0.15, -0.1) is 13.2 Å². The van der Waals surface area contributed by atoms with Crippen LogP contribution in [0.5, 0.6) is 5.75 Å². The third-order valence-corrected chi connectivity index (χ3v) is 2.19. The normalized spacial score (nSPS) is 11.3. The number of benzene rings is 1. The number of aromatic nitrogens is 2. The summed E-state index contributed by atoms with van der Waals surface area (Å²) in [5.74, 6) is 0.0607. The number of nitrogens with zero attached hydrogens (tertiary/aromatic N) is 2. The van der Waals surface area contributed by atoms with E-state index < -0.39 is 6.36 Å². The SMILES string of the molecule is Nc1cnc(-c2ccc(OC(F)(F)F)cc2)nc1N. The highest BCUT2D eigenvalue weighted by atomic mass is 19.4. The number of nitrogens with two attached hydrogens (primary N) is 2. The minimum Gasteiger partial charge on any atom is -0.406 e. The Labute approximate surface area is 106 Å². The first-order chi connectivity index (χ1) is 8.85. The highest BCUT2D eigenvalue weighted by Crippen LogP contribution is 2.25. The molecule has 0 aliphatic heterocycles. The van der Waals surface area contributed by atoms with Crippen LogP contribution in [0, 0.1) is 0 Å². The Balaban J connectivity index is 2.25. The van der Waals surface area contributed by atoms with Crippen LogP contribution >= 0.6 is 0 Å². The van der Waals surface area contributed by atoms with E-state index in [1.807, 2.05) is 0 Å². The molecule has 1 aromatic heterocycles. The Morgan fingerprint density at radius 1 is 1.05 bits per heavy atom. The molecule has 0 radical (unpaired) electrons. The molecule has 0 amide bonds. The van der Waals surface area contributed by atoms with Crippen molar-refractivity contribution < 1.29 is 17.9 Å². The number of hydrogen-bond acceptors (Lipinski definition) is 5. The summed E-state index contributed by atoms with van der Waals surface area (Å²) in [5, 5.41) is 0. The van der Waals surface area contributed by atoms with Crippen LogP contribution in [0.25, 0.3) is 11.4 Å². The van der Waals surface area contributed by atoms with Gasteiger partial charge < -0.3 is 16.2 Å². The highest BCUT2D eigenvalue weighted by Gasteiger charge is 2.30. The summed E-state index contributed by atoms with van der Waals surface area (Å²) in [6, 6.07) is 5.12. The van der Waals surface area contributed by atoms with Crippen molar-refractivity contribution in [3.63, 3.8) is 0 Å². The van der Waals surface area contributed by atoms with Gasteiger partial charge in [-0.3, -0.25) is 0 Å². The Morgan fingerprint density at radius 3 is 2.21 bits per heavy atom. The van der Waals surface area contributed by atoms with Crippen molar-refractivity contribution in [2.24, 2.45) is 0 Å². The van der Waals surface area contributed by atoms with Crippen LogP contribution < -0.4 is 16.2 Å². The molecule has 19 heavy (non-hydrogen) atoms. The Morgan fingerprint density at radius 2 is 1.68 bits per heavy atom. The maximum atomic E-state index is 12.0. The zero-order valence-corrected chi connectivity index (χ0v) is 9.48. The number of ether oxygens (including phenoxy) is 1. The van der Waals surface area contributed by atoms with E-state index in [0.29, 0.717) is 5.56 Å². The molecule has 0 fully saturated rings. The van der Waals surface area contributed by atoms with Gasteiger partial charge in [0.2, 0.25) is 0 Å². The molecule has 1 aromatic carbocycles. The van der Waals surface area contributed by atoms with E-state index in [1.165, 1.54) is 30.5 Å². The molecule has 0 saturated carbocycles. The van der Waals surface area contributed by atoms with Gasteiger partial charge in [-0.2, -0.15) is 0 Å². The van der Waals surface area contributed by atoms with Crippen LogP contribution in [0.4, 0.5) is 24.7 Å². The predicted molar refractivity (Wildman–Crippen MR) is 63.0 cm³/mol. The van der Waals surface area contributed by atoms with E-state index in [4.69, 9.17) is 11.5 Å². The quantitative estimate of drug-likeness (QED) is 0.873. The average molecular weight is 270 g/mol. The van der Waals surface area contributed by atoms with Crippen molar-refractivity contribution in [3.8, 4) is 17.1 Å².